The Labute approximate surface area is 283 Å². The van der Waals surface area contributed by atoms with E-state index in [0.717, 1.165) is 70.8 Å². The van der Waals surface area contributed by atoms with Crippen molar-refractivity contribution >= 4 is 28.8 Å². The fourth-order valence-corrected chi connectivity index (χ4v) is 8.96. The van der Waals surface area contributed by atoms with Crippen molar-refractivity contribution in [1.29, 1.82) is 0 Å². The molecule has 1 aliphatic heterocycles. The number of carbonyl (C=O) groups excluding carboxylic acids is 3. The minimum Gasteiger partial charge on any atom is -0.306 e. The summed E-state index contributed by atoms with van der Waals surface area (Å²) in [7, 11) is 0. The fraction of sp³-hybridized carbons (Fsp3) is 0.341. The van der Waals surface area contributed by atoms with Gasteiger partial charge in [-0.2, -0.15) is 0 Å². The number of rotatable bonds is 11. The summed E-state index contributed by atoms with van der Waals surface area (Å²) in [5.74, 6) is -0.196. The van der Waals surface area contributed by atoms with E-state index in [2.05, 4.69) is 12.1 Å². The second-order valence-corrected chi connectivity index (χ2v) is 14.4. The van der Waals surface area contributed by atoms with Crippen LogP contribution in [-0.4, -0.2) is 43.8 Å². The minimum atomic E-state index is -1.10. The molecule has 1 heterocycles. The van der Waals surface area contributed by atoms with Crippen molar-refractivity contribution in [2.24, 2.45) is 0 Å². The highest BCUT2D eigenvalue weighted by Gasteiger charge is 2.61. The summed E-state index contributed by atoms with van der Waals surface area (Å²) < 4.78 is 0. The van der Waals surface area contributed by atoms with E-state index in [9.17, 15) is 9.59 Å². The van der Waals surface area contributed by atoms with Crippen LogP contribution < -0.4 is 0 Å². The predicted octanol–water partition coefficient (Wildman–Crippen LogP) is 8.88. The van der Waals surface area contributed by atoms with Crippen molar-refractivity contribution in [3.05, 3.63) is 142 Å². The normalized spacial score (nSPS) is 17.0. The number of thioether (sulfide) groups is 1. The number of benzene rings is 4. The molecule has 2 aliphatic rings. The van der Waals surface area contributed by atoms with E-state index in [0.29, 0.717) is 31.2 Å². The smallest absolute Gasteiger partial charge is 0.306 e. The summed E-state index contributed by atoms with van der Waals surface area (Å²) in [5.41, 5.74) is 5.64. The van der Waals surface area contributed by atoms with E-state index in [1.165, 1.54) is 4.90 Å². The van der Waals surface area contributed by atoms with Crippen LogP contribution in [-0.2, 0) is 24.1 Å². The molecule has 1 unspecified atom stereocenters. The number of hydrogen-bond donors (Lipinski definition) is 0. The Balaban J connectivity index is 1.44. The van der Waals surface area contributed by atoms with Crippen molar-refractivity contribution in [3.8, 4) is 0 Å². The molecule has 1 saturated carbocycles. The van der Waals surface area contributed by atoms with Crippen LogP contribution in [0.25, 0.3) is 0 Å². The fourth-order valence-electron chi connectivity index (χ4n) is 7.75. The van der Waals surface area contributed by atoms with Crippen LogP contribution in [0.5, 0.6) is 0 Å². The van der Waals surface area contributed by atoms with Crippen LogP contribution in [0.1, 0.15) is 75.8 Å². The minimum absolute atomic E-state index is 0.0269. The molecule has 3 amide bonds. The van der Waals surface area contributed by atoms with Gasteiger partial charge in [0.25, 0.3) is 5.91 Å². The summed E-state index contributed by atoms with van der Waals surface area (Å²) in [6.45, 7) is 5.96. The Kier molecular flexibility index (Phi) is 9.97. The molecule has 1 aliphatic carbocycles. The van der Waals surface area contributed by atoms with Crippen LogP contribution in [0.2, 0.25) is 0 Å². The van der Waals surface area contributed by atoms with Crippen LogP contribution in [0.15, 0.2) is 103 Å². The Bertz CT molecular complexity index is 1650. The monoisotopic (exact) mass is 644 g/mol. The van der Waals surface area contributed by atoms with Crippen molar-refractivity contribution in [1.82, 2.24) is 9.80 Å². The molecule has 6 rings (SSSR count). The molecule has 1 saturated heterocycles. The Morgan fingerprint density at radius 3 is 1.77 bits per heavy atom. The summed E-state index contributed by atoms with van der Waals surface area (Å²) in [6, 6.07) is 34.0. The lowest BCUT2D eigenvalue weighted by molar-refractivity contribution is -0.134. The first kappa shape index (κ1) is 32.8. The molecule has 0 bridgehead atoms. The molecule has 1 atom stereocenters. The zero-order valence-corrected chi connectivity index (χ0v) is 28.5. The maximum atomic E-state index is 15.3. The van der Waals surface area contributed by atoms with Gasteiger partial charge in [0, 0.05) is 24.4 Å². The van der Waals surface area contributed by atoms with Gasteiger partial charge >= 0.3 is 6.03 Å². The van der Waals surface area contributed by atoms with Gasteiger partial charge in [-0.1, -0.05) is 133 Å². The molecule has 4 aromatic rings. The number of nitrogens with zero attached hydrogens (tertiary/aromatic N) is 2. The zero-order valence-electron chi connectivity index (χ0n) is 27.7. The summed E-state index contributed by atoms with van der Waals surface area (Å²) >= 11 is 1.13. The van der Waals surface area contributed by atoms with Crippen LogP contribution in [0.3, 0.4) is 0 Å². The molecule has 5 nitrogen and oxygen atoms in total. The first-order chi connectivity index (χ1) is 22.8. The number of aryl methyl sites for hydroxylation is 4. The third-order valence-electron chi connectivity index (χ3n) is 9.79. The second-order valence-electron chi connectivity index (χ2n) is 13.3. The van der Waals surface area contributed by atoms with Gasteiger partial charge in [0.1, 0.15) is 5.54 Å². The lowest BCUT2D eigenvalue weighted by atomic mass is 9.82. The third-order valence-corrected chi connectivity index (χ3v) is 10.9. The lowest BCUT2D eigenvalue weighted by Gasteiger charge is -2.39. The van der Waals surface area contributed by atoms with Crippen molar-refractivity contribution < 1.29 is 14.4 Å². The molecule has 0 N–H and O–H groups in total. The molecule has 2 fully saturated rings. The highest BCUT2D eigenvalue weighted by atomic mass is 32.2. The zero-order chi connectivity index (χ0) is 33.0. The topological polar surface area (TPSA) is 57.7 Å². The number of carbonyl (C=O) groups is 3. The van der Waals surface area contributed by atoms with E-state index >= 15 is 4.79 Å². The molecule has 0 aromatic heterocycles. The highest BCUT2D eigenvalue weighted by Crippen LogP contribution is 2.43. The largest absolute Gasteiger partial charge is 0.328 e. The van der Waals surface area contributed by atoms with E-state index < -0.39 is 10.9 Å². The van der Waals surface area contributed by atoms with Gasteiger partial charge in [-0.15, -0.1) is 0 Å². The average Bonchev–Trinajstić information content (AvgIpc) is 3.65. The van der Waals surface area contributed by atoms with Gasteiger partial charge in [-0.05, 0) is 74.3 Å². The standard InChI is InChI=1S/C41H44N2O3S/c1-29-25-30(2)37(31(3)26-29)38(44)47-36(24-23-32-15-7-4-8-16-32)42-39(45)41(27-33-17-9-5-10-18-33,28-34-19-11-6-12-20-34)43(40(42)46)35-21-13-14-22-35/h4-12,15-20,25-26,35-36H,13-14,21-24,27-28H2,1-3H3. The van der Waals surface area contributed by atoms with E-state index in [1.54, 1.807) is 0 Å². The first-order valence-corrected chi connectivity index (χ1v) is 17.7. The van der Waals surface area contributed by atoms with Crippen molar-refractivity contribution in [3.63, 3.8) is 0 Å². The van der Waals surface area contributed by atoms with Crippen LogP contribution in [0, 0.1) is 20.8 Å². The van der Waals surface area contributed by atoms with Crippen molar-refractivity contribution in [2.45, 2.75) is 89.1 Å². The molecule has 6 heteroatoms. The van der Waals surface area contributed by atoms with Gasteiger partial charge in [-0.25, -0.2) is 9.69 Å². The molecule has 47 heavy (non-hydrogen) atoms. The molecule has 242 valence electrons. The van der Waals surface area contributed by atoms with Crippen LogP contribution >= 0.6 is 11.8 Å². The van der Waals surface area contributed by atoms with Gasteiger partial charge < -0.3 is 4.90 Å². The predicted molar refractivity (Wildman–Crippen MR) is 190 cm³/mol. The van der Waals surface area contributed by atoms with Gasteiger partial charge in [0.05, 0.1) is 5.37 Å². The van der Waals surface area contributed by atoms with E-state index in [-0.39, 0.29) is 23.1 Å². The highest BCUT2D eigenvalue weighted by molar-refractivity contribution is 8.14. The lowest BCUT2D eigenvalue weighted by Crippen LogP contribution is -2.56. The SMILES string of the molecule is Cc1cc(C)c(C(=O)SC(CCc2ccccc2)N2C(=O)N(C3CCCC3)C(Cc3ccccc3)(Cc3ccccc3)C2=O)c(C)c1. The number of imide groups is 1. The molecular formula is C41H44N2O3S. The second kappa shape index (κ2) is 14.3. The third kappa shape index (κ3) is 6.94. The van der Waals surface area contributed by atoms with E-state index in [1.807, 2.05) is 117 Å². The van der Waals surface area contributed by atoms with Gasteiger partial charge in [0.15, 0.2) is 0 Å². The number of amides is 3. The first-order valence-electron chi connectivity index (χ1n) is 16.8. The Morgan fingerprint density at radius 2 is 1.26 bits per heavy atom. The van der Waals surface area contributed by atoms with Crippen LogP contribution in [0.4, 0.5) is 4.79 Å². The molecule has 0 spiro atoms. The molecular weight excluding hydrogens is 601 g/mol. The molecule has 0 radical (unpaired) electrons. The Hall–Kier alpha value is -4.16. The number of hydrogen-bond acceptors (Lipinski definition) is 4. The molecule has 4 aromatic carbocycles. The van der Waals surface area contributed by atoms with Crippen molar-refractivity contribution in [2.75, 3.05) is 0 Å². The summed E-state index contributed by atoms with van der Waals surface area (Å²) in [4.78, 5) is 47.9. The van der Waals surface area contributed by atoms with Gasteiger partial charge in [-0.3, -0.25) is 9.59 Å². The number of urea groups is 1. The summed E-state index contributed by atoms with van der Waals surface area (Å²) in [5, 5.41) is -0.755. The Morgan fingerprint density at radius 1 is 0.766 bits per heavy atom. The quantitative estimate of drug-likeness (QED) is 0.153. The van der Waals surface area contributed by atoms with Gasteiger partial charge in [0.2, 0.25) is 5.12 Å². The maximum absolute atomic E-state index is 15.3. The maximum Gasteiger partial charge on any atom is 0.328 e. The van der Waals surface area contributed by atoms with E-state index in [4.69, 9.17) is 0 Å². The summed E-state index contributed by atoms with van der Waals surface area (Å²) in [6.07, 6.45) is 5.77. The average molecular weight is 645 g/mol.